The van der Waals surface area contributed by atoms with Crippen LogP contribution >= 0.6 is 22.9 Å². The van der Waals surface area contributed by atoms with E-state index in [1.807, 2.05) is 30.5 Å². The number of benzene rings is 1. The van der Waals surface area contributed by atoms with Crippen LogP contribution in [-0.2, 0) is 19.4 Å². The van der Waals surface area contributed by atoms with Crippen LogP contribution < -0.4 is 10.1 Å². The first-order chi connectivity index (χ1) is 13.8. The molecule has 4 aromatic rings. The maximum Gasteiger partial charge on any atom is 0.182 e. The summed E-state index contributed by atoms with van der Waals surface area (Å²) in [5.41, 5.74) is 6.37. The minimum absolute atomic E-state index is 0.177. The third-order valence-electron chi connectivity index (χ3n) is 5.46. The van der Waals surface area contributed by atoms with Crippen molar-refractivity contribution in [3.8, 4) is 16.9 Å². The Morgan fingerprint density at radius 2 is 2.18 bits per heavy atom. The molecule has 2 aliphatic heterocycles. The lowest BCUT2D eigenvalue weighted by Crippen LogP contribution is -2.24. The van der Waals surface area contributed by atoms with Gasteiger partial charge in [0.05, 0.1) is 15.9 Å². The number of pyridine rings is 1. The molecule has 6 rings (SSSR count). The lowest BCUT2D eigenvalue weighted by Gasteiger charge is -2.15. The molecule has 5 nitrogen and oxygen atoms in total. The van der Waals surface area contributed by atoms with Gasteiger partial charge in [-0.25, -0.2) is 0 Å². The van der Waals surface area contributed by atoms with Crippen molar-refractivity contribution in [3.63, 3.8) is 0 Å². The van der Waals surface area contributed by atoms with Crippen LogP contribution in [0.5, 0.6) is 5.75 Å². The highest BCUT2D eigenvalue weighted by molar-refractivity contribution is 7.17. The first-order valence-corrected chi connectivity index (χ1v) is 10.5. The minimum atomic E-state index is -0.177. The van der Waals surface area contributed by atoms with E-state index in [2.05, 4.69) is 20.8 Å². The van der Waals surface area contributed by atoms with Gasteiger partial charge in [0.1, 0.15) is 5.75 Å². The summed E-state index contributed by atoms with van der Waals surface area (Å²) in [6.45, 7) is 1.71. The van der Waals surface area contributed by atoms with Gasteiger partial charge in [-0.15, -0.1) is 11.3 Å². The highest BCUT2D eigenvalue weighted by Crippen LogP contribution is 2.47. The van der Waals surface area contributed by atoms with Crippen molar-refractivity contribution in [1.82, 2.24) is 15.5 Å². The van der Waals surface area contributed by atoms with Crippen molar-refractivity contribution in [1.29, 1.82) is 0 Å². The zero-order valence-electron chi connectivity index (χ0n) is 14.9. The van der Waals surface area contributed by atoms with Gasteiger partial charge in [-0.1, -0.05) is 16.8 Å². The molecule has 0 saturated carbocycles. The van der Waals surface area contributed by atoms with Crippen molar-refractivity contribution in [3.05, 3.63) is 63.4 Å². The fraction of sp³-hybridized carbons (Fsp3) is 0.238. The lowest BCUT2D eigenvalue weighted by molar-refractivity contribution is 0.189. The summed E-state index contributed by atoms with van der Waals surface area (Å²) in [5.74, 6) is 1.71. The molecule has 1 aromatic carbocycles. The van der Waals surface area contributed by atoms with Gasteiger partial charge in [0.25, 0.3) is 0 Å². The van der Waals surface area contributed by atoms with Crippen molar-refractivity contribution in [2.24, 2.45) is 0 Å². The standard InChI is InChI=1S/C21H16ClN3O2S/c22-12-7-11-8-18(20-15-10-23-4-2-16(15)25-27-20)26-19(11)14(9-12)13-1-5-24-17-3-6-28-21(13)17/h1,3,5-7,9,18,23H,2,4,8,10H2/t18-/m0/s1. The predicted molar refractivity (Wildman–Crippen MR) is 109 cm³/mol. The first kappa shape index (κ1) is 16.5. The molecule has 7 heteroatoms. The topological polar surface area (TPSA) is 60.2 Å². The van der Waals surface area contributed by atoms with Crippen LogP contribution in [-0.4, -0.2) is 16.7 Å². The molecule has 2 aliphatic rings. The molecule has 1 N–H and O–H groups in total. The maximum absolute atomic E-state index is 6.48. The molecule has 0 bridgehead atoms. The maximum atomic E-state index is 6.48. The van der Waals surface area contributed by atoms with Gasteiger partial charge < -0.3 is 14.6 Å². The molecule has 0 spiro atoms. The van der Waals surface area contributed by atoms with E-state index in [4.69, 9.17) is 20.9 Å². The SMILES string of the molecule is Clc1cc2c(c(-c3ccnc4ccsc34)c1)O[C@H](c1onc3c1CNCC3)C2. The van der Waals surface area contributed by atoms with Crippen LogP contribution in [0.25, 0.3) is 21.3 Å². The van der Waals surface area contributed by atoms with Crippen LogP contribution in [0, 0.1) is 0 Å². The number of aromatic nitrogens is 2. The number of thiophene rings is 1. The van der Waals surface area contributed by atoms with E-state index < -0.39 is 0 Å². The molecular weight excluding hydrogens is 394 g/mol. The molecule has 0 aliphatic carbocycles. The number of rotatable bonds is 2. The fourth-order valence-corrected chi connectivity index (χ4v) is 5.29. The van der Waals surface area contributed by atoms with Gasteiger partial charge in [-0.05, 0) is 29.6 Å². The van der Waals surface area contributed by atoms with Crippen molar-refractivity contribution < 1.29 is 9.26 Å². The smallest absolute Gasteiger partial charge is 0.182 e. The molecule has 3 aromatic heterocycles. The Morgan fingerprint density at radius 3 is 3.14 bits per heavy atom. The van der Waals surface area contributed by atoms with Crippen molar-refractivity contribution in [2.75, 3.05) is 6.54 Å². The summed E-state index contributed by atoms with van der Waals surface area (Å²) >= 11 is 8.16. The number of fused-ring (bicyclic) bond motifs is 3. The number of hydrogen-bond acceptors (Lipinski definition) is 6. The van der Waals surface area contributed by atoms with E-state index in [0.29, 0.717) is 5.02 Å². The normalized spacial score (nSPS) is 18.1. The van der Waals surface area contributed by atoms with Crippen LogP contribution in [0.1, 0.15) is 28.7 Å². The zero-order chi connectivity index (χ0) is 18.7. The average molecular weight is 410 g/mol. The Bertz CT molecular complexity index is 1220. The summed E-state index contributed by atoms with van der Waals surface area (Å²) in [4.78, 5) is 4.45. The van der Waals surface area contributed by atoms with Gasteiger partial charge in [-0.2, -0.15) is 0 Å². The Hall–Kier alpha value is -2.41. The van der Waals surface area contributed by atoms with Gasteiger partial charge in [-0.3, -0.25) is 4.98 Å². The molecule has 0 saturated heterocycles. The Labute approximate surface area is 170 Å². The van der Waals surface area contributed by atoms with Crippen LogP contribution in [0.3, 0.4) is 0 Å². The van der Waals surface area contributed by atoms with Crippen LogP contribution in [0.4, 0.5) is 0 Å². The molecule has 0 fully saturated rings. The number of nitrogens with one attached hydrogen (secondary N) is 1. The molecule has 0 amide bonds. The number of ether oxygens (including phenoxy) is 1. The third kappa shape index (κ3) is 2.49. The summed E-state index contributed by atoms with van der Waals surface area (Å²) in [7, 11) is 0. The largest absolute Gasteiger partial charge is 0.481 e. The summed E-state index contributed by atoms with van der Waals surface area (Å²) in [6.07, 6.45) is 3.28. The Balaban J connectivity index is 1.46. The molecule has 1 atom stereocenters. The van der Waals surface area contributed by atoms with Gasteiger partial charge in [0.15, 0.2) is 11.9 Å². The van der Waals surface area contributed by atoms with Gasteiger partial charge >= 0.3 is 0 Å². The summed E-state index contributed by atoms with van der Waals surface area (Å²) in [5, 5.41) is 10.4. The second-order valence-corrected chi connectivity index (χ2v) is 8.50. The molecule has 0 radical (unpaired) electrons. The second kappa shape index (κ2) is 6.30. The van der Waals surface area contributed by atoms with Gasteiger partial charge in [0.2, 0.25) is 0 Å². The average Bonchev–Trinajstić information content (AvgIpc) is 3.43. The van der Waals surface area contributed by atoms with Gasteiger partial charge in [0, 0.05) is 59.4 Å². The predicted octanol–water partition coefficient (Wildman–Crippen LogP) is 4.93. The first-order valence-electron chi connectivity index (χ1n) is 9.27. The minimum Gasteiger partial charge on any atom is -0.481 e. The quantitative estimate of drug-likeness (QED) is 0.508. The number of nitrogens with zero attached hydrogens (tertiary/aromatic N) is 2. The monoisotopic (exact) mass is 409 g/mol. The molecule has 140 valence electrons. The summed E-state index contributed by atoms with van der Waals surface area (Å²) in [6, 6.07) is 8.04. The highest BCUT2D eigenvalue weighted by atomic mass is 35.5. The Morgan fingerprint density at radius 1 is 1.21 bits per heavy atom. The van der Waals surface area contributed by atoms with E-state index in [0.717, 1.165) is 75.6 Å². The second-order valence-electron chi connectivity index (χ2n) is 7.14. The summed E-state index contributed by atoms with van der Waals surface area (Å²) < 4.78 is 13.3. The lowest BCUT2D eigenvalue weighted by atomic mass is 9.99. The molecule has 28 heavy (non-hydrogen) atoms. The molecule has 5 heterocycles. The number of hydrogen-bond donors (Lipinski definition) is 1. The van der Waals surface area contributed by atoms with E-state index in [9.17, 15) is 0 Å². The van der Waals surface area contributed by atoms with E-state index >= 15 is 0 Å². The third-order valence-corrected chi connectivity index (χ3v) is 6.62. The van der Waals surface area contributed by atoms with Crippen molar-refractivity contribution >= 4 is 33.2 Å². The van der Waals surface area contributed by atoms with E-state index in [1.54, 1.807) is 11.3 Å². The van der Waals surface area contributed by atoms with Crippen LogP contribution in [0.2, 0.25) is 5.02 Å². The Kier molecular flexibility index (Phi) is 3.72. The molecule has 0 unspecified atom stereocenters. The highest BCUT2D eigenvalue weighted by Gasteiger charge is 2.34. The van der Waals surface area contributed by atoms with E-state index in [1.165, 1.54) is 0 Å². The number of halogens is 1. The fourth-order valence-electron chi connectivity index (χ4n) is 4.17. The zero-order valence-corrected chi connectivity index (χ0v) is 16.4. The van der Waals surface area contributed by atoms with Crippen molar-refractivity contribution in [2.45, 2.75) is 25.5 Å². The van der Waals surface area contributed by atoms with Crippen LogP contribution in [0.15, 0.2) is 40.4 Å². The molecular formula is C21H16ClN3O2S. The van der Waals surface area contributed by atoms with E-state index in [-0.39, 0.29) is 6.10 Å².